The molecule has 2 aliphatic heterocycles. The summed E-state index contributed by atoms with van der Waals surface area (Å²) < 4.78 is 0. The largest absolute Gasteiger partial charge is 0.342 e. The molecule has 3 heterocycles. The first-order valence-electron chi connectivity index (χ1n) is 10.1. The highest BCUT2D eigenvalue weighted by Crippen LogP contribution is 2.32. The Morgan fingerprint density at radius 2 is 2.13 bits per heavy atom. The van der Waals surface area contributed by atoms with Crippen molar-refractivity contribution in [1.82, 2.24) is 9.97 Å². The summed E-state index contributed by atoms with van der Waals surface area (Å²) in [4.78, 5) is 47.4. The number of halogens is 1. The molecule has 2 aromatic rings. The minimum absolute atomic E-state index is 0.132. The Hall–Kier alpha value is -2.87. The van der Waals surface area contributed by atoms with Crippen LogP contribution in [0.15, 0.2) is 23.0 Å². The molecule has 2 amide bonds. The van der Waals surface area contributed by atoms with Gasteiger partial charge in [-0.25, -0.2) is 0 Å². The number of rotatable bonds is 3. The number of anilines is 3. The molecule has 1 saturated heterocycles. The maximum Gasteiger partial charge on any atom is 0.258 e. The number of carbonyl (C=O) groups is 2. The van der Waals surface area contributed by atoms with E-state index in [4.69, 9.17) is 11.6 Å². The molecule has 0 bridgehead atoms. The normalized spacial score (nSPS) is 21.0. The number of aromatic nitrogens is 2. The van der Waals surface area contributed by atoms with Gasteiger partial charge in [-0.1, -0.05) is 24.6 Å². The Morgan fingerprint density at radius 1 is 1.33 bits per heavy atom. The molecule has 1 fully saturated rings. The zero-order valence-electron chi connectivity index (χ0n) is 16.9. The first-order valence-corrected chi connectivity index (χ1v) is 10.5. The van der Waals surface area contributed by atoms with E-state index in [9.17, 15) is 14.4 Å². The number of aromatic amines is 1. The maximum absolute atomic E-state index is 13.0. The minimum atomic E-state index is -0.948. The monoisotopic (exact) mass is 429 g/mol. The van der Waals surface area contributed by atoms with Gasteiger partial charge in [-0.2, -0.15) is 4.98 Å². The van der Waals surface area contributed by atoms with Gasteiger partial charge in [0.15, 0.2) is 0 Å². The number of hydrogen-bond donors (Lipinski definition) is 3. The zero-order chi connectivity index (χ0) is 21.4. The van der Waals surface area contributed by atoms with Crippen molar-refractivity contribution in [3.63, 3.8) is 0 Å². The van der Waals surface area contributed by atoms with Crippen molar-refractivity contribution in [2.75, 3.05) is 28.6 Å². The minimum Gasteiger partial charge on any atom is -0.342 e. The van der Waals surface area contributed by atoms with Crippen molar-refractivity contribution in [3.05, 3.63) is 44.7 Å². The van der Waals surface area contributed by atoms with Crippen molar-refractivity contribution in [2.24, 2.45) is 5.92 Å². The van der Waals surface area contributed by atoms with Gasteiger partial charge in [0.25, 0.3) is 5.56 Å². The number of nitrogens with zero attached hydrogens (tertiary/aromatic N) is 2. The van der Waals surface area contributed by atoms with Gasteiger partial charge in [0.05, 0.1) is 22.2 Å². The lowest BCUT2D eigenvalue weighted by Crippen LogP contribution is -2.40. The van der Waals surface area contributed by atoms with E-state index in [1.54, 1.807) is 12.1 Å². The third-order valence-corrected chi connectivity index (χ3v) is 5.91. The quantitative estimate of drug-likeness (QED) is 0.695. The van der Waals surface area contributed by atoms with Gasteiger partial charge in [-0.05, 0) is 43.4 Å². The van der Waals surface area contributed by atoms with Crippen LogP contribution in [-0.4, -0.2) is 34.9 Å². The second-order valence-electron chi connectivity index (χ2n) is 8.12. The van der Waals surface area contributed by atoms with Crippen molar-refractivity contribution in [3.8, 4) is 0 Å². The fraction of sp³-hybridized carbons (Fsp3) is 0.429. The lowest BCUT2D eigenvalue weighted by atomic mass is 9.92. The van der Waals surface area contributed by atoms with E-state index in [1.165, 1.54) is 0 Å². The highest BCUT2D eigenvalue weighted by atomic mass is 35.5. The number of hydrogen-bond acceptors (Lipinski definition) is 5. The molecular formula is C21H24ClN5O3. The Balaban J connectivity index is 1.65. The van der Waals surface area contributed by atoms with Crippen molar-refractivity contribution in [1.29, 1.82) is 0 Å². The van der Waals surface area contributed by atoms with Crippen molar-refractivity contribution in [2.45, 2.75) is 39.0 Å². The Labute approximate surface area is 179 Å². The van der Waals surface area contributed by atoms with Crippen LogP contribution in [0, 0.1) is 12.8 Å². The Morgan fingerprint density at radius 3 is 2.87 bits per heavy atom. The summed E-state index contributed by atoms with van der Waals surface area (Å²) >= 11 is 6.21. The molecule has 0 saturated carbocycles. The van der Waals surface area contributed by atoms with Gasteiger partial charge >= 0.3 is 0 Å². The molecule has 0 radical (unpaired) electrons. The number of fused-ring (bicyclic) bond motifs is 1. The molecule has 3 N–H and O–H groups in total. The van der Waals surface area contributed by atoms with Crippen LogP contribution in [0.1, 0.15) is 43.2 Å². The van der Waals surface area contributed by atoms with Crippen LogP contribution in [0.4, 0.5) is 17.5 Å². The summed E-state index contributed by atoms with van der Waals surface area (Å²) in [5, 5.41) is 5.79. The molecule has 4 rings (SSSR count). The predicted molar refractivity (Wildman–Crippen MR) is 116 cm³/mol. The second kappa shape index (κ2) is 8.10. The van der Waals surface area contributed by atoms with Crippen molar-refractivity contribution >= 4 is 40.9 Å². The van der Waals surface area contributed by atoms with Gasteiger partial charge < -0.3 is 15.5 Å². The number of carbonyl (C=O) groups excluding carboxylic acids is 2. The lowest BCUT2D eigenvalue weighted by Gasteiger charge is -2.32. The van der Waals surface area contributed by atoms with E-state index >= 15 is 0 Å². The number of aryl methyl sites for hydroxylation is 1. The summed E-state index contributed by atoms with van der Waals surface area (Å²) in [6, 6.07) is 5.25. The summed E-state index contributed by atoms with van der Waals surface area (Å²) in [6.07, 6.45) is 2.01. The molecule has 1 aromatic carbocycles. The number of nitrogens with one attached hydrogen (secondary N) is 3. The highest BCUT2D eigenvalue weighted by molar-refractivity contribution is 6.33. The van der Waals surface area contributed by atoms with E-state index in [0.717, 1.165) is 31.5 Å². The summed E-state index contributed by atoms with van der Waals surface area (Å²) in [7, 11) is 0. The van der Waals surface area contributed by atoms with Crippen LogP contribution < -0.4 is 21.1 Å². The molecule has 1 aromatic heterocycles. The molecular weight excluding hydrogens is 406 g/mol. The third kappa shape index (κ3) is 4.05. The molecule has 30 heavy (non-hydrogen) atoms. The first-order chi connectivity index (χ1) is 14.3. The number of amides is 2. The van der Waals surface area contributed by atoms with Gasteiger partial charge in [-0.15, -0.1) is 0 Å². The summed E-state index contributed by atoms with van der Waals surface area (Å²) in [5.74, 6) is -0.701. The van der Waals surface area contributed by atoms with Crippen LogP contribution in [0.3, 0.4) is 0 Å². The average molecular weight is 430 g/mol. The van der Waals surface area contributed by atoms with Crippen molar-refractivity contribution < 1.29 is 9.59 Å². The predicted octanol–water partition coefficient (Wildman–Crippen LogP) is 3.03. The SMILES string of the molecule is Cc1ccc(NC(=O)C2CC(=O)Nc3nc(N4CCCC(C)C4)[nH]c(=O)c32)c(Cl)c1. The van der Waals surface area contributed by atoms with Crippen LogP contribution in [0.25, 0.3) is 0 Å². The lowest BCUT2D eigenvalue weighted by molar-refractivity contribution is -0.123. The summed E-state index contributed by atoms with van der Waals surface area (Å²) in [5.41, 5.74) is 1.15. The fourth-order valence-electron chi connectivity index (χ4n) is 4.06. The molecule has 9 heteroatoms. The molecule has 0 aliphatic carbocycles. The summed E-state index contributed by atoms with van der Waals surface area (Å²) in [6.45, 7) is 5.62. The number of benzene rings is 1. The van der Waals surface area contributed by atoms with Gasteiger partial charge in [-0.3, -0.25) is 19.4 Å². The molecule has 8 nitrogen and oxygen atoms in total. The molecule has 2 atom stereocenters. The van der Waals surface area contributed by atoms with Gasteiger partial charge in [0.1, 0.15) is 5.82 Å². The van der Waals surface area contributed by atoms with E-state index < -0.39 is 17.4 Å². The molecule has 2 unspecified atom stereocenters. The van der Waals surface area contributed by atoms with Gasteiger partial charge in [0, 0.05) is 19.5 Å². The number of piperidine rings is 1. The Bertz CT molecular complexity index is 1070. The first kappa shape index (κ1) is 20.4. The smallest absolute Gasteiger partial charge is 0.258 e. The van der Waals surface area contributed by atoms with E-state index in [2.05, 4.69) is 27.5 Å². The third-order valence-electron chi connectivity index (χ3n) is 5.59. The molecule has 2 aliphatic rings. The van der Waals surface area contributed by atoms with E-state index in [-0.39, 0.29) is 23.7 Å². The fourth-order valence-corrected chi connectivity index (χ4v) is 4.34. The molecule has 0 spiro atoms. The van der Waals surface area contributed by atoms with Crippen LogP contribution >= 0.6 is 11.6 Å². The average Bonchev–Trinajstić information content (AvgIpc) is 2.69. The van der Waals surface area contributed by atoms with Gasteiger partial charge in [0.2, 0.25) is 17.8 Å². The zero-order valence-corrected chi connectivity index (χ0v) is 17.7. The topological polar surface area (TPSA) is 107 Å². The van der Waals surface area contributed by atoms with Crippen LogP contribution in [0.5, 0.6) is 0 Å². The standard InChI is InChI=1S/C21H24ClN5O3/c1-11-5-6-15(14(22)8-11)23-19(29)13-9-16(28)24-18-17(13)20(30)26-21(25-18)27-7-3-4-12(2)10-27/h5-6,8,12-13H,3-4,7,9-10H2,1-2H3,(H,23,29)(H2,24,25,26,28,30). The van der Waals surface area contributed by atoms with Crippen LogP contribution in [-0.2, 0) is 9.59 Å². The molecule has 158 valence electrons. The van der Waals surface area contributed by atoms with Crippen LogP contribution in [0.2, 0.25) is 5.02 Å². The number of H-pyrrole nitrogens is 1. The Kier molecular flexibility index (Phi) is 5.51. The maximum atomic E-state index is 13.0. The van der Waals surface area contributed by atoms with E-state index in [0.29, 0.717) is 22.6 Å². The van der Waals surface area contributed by atoms with E-state index in [1.807, 2.05) is 17.9 Å². The second-order valence-corrected chi connectivity index (χ2v) is 8.53. The highest BCUT2D eigenvalue weighted by Gasteiger charge is 2.35.